The lowest BCUT2D eigenvalue weighted by Crippen LogP contribution is -2.03. The second-order valence-corrected chi connectivity index (χ2v) is 2.71. The van der Waals surface area contributed by atoms with Crippen molar-refractivity contribution in [1.29, 1.82) is 0 Å². The van der Waals surface area contributed by atoms with Crippen molar-refractivity contribution < 1.29 is 19.4 Å². The van der Waals surface area contributed by atoms with E-state index in [0.29, 0.717) is 0 Å². The van der Waals surface area contributed by atoms with Gasteiger partial charge in [0.15, 0.2) is 0 Å². The number of rotatable bonds is 2. The lowest BCUT2D eigenvalue weighted by molar-refractivity contribution is 0.0695. The van der Waals surface area contributed by atoms with Crippen LogP contribution in [0.4, 0.5) is 4.39 Å². The van der Waals surface area contributed by atoms with Crippen LogP contribution in [0.25, 0.3) is 0 Å². The number of benzene rings is 1. The zero-order valence-electron chi connectivity index (χ0n) is 7.04. The lowest BCUT2D eigenvalue weighted by atomic mass is 10.0. The van der Waals surface area contributed by atoms with Gasteiger partial charge in [0.2, 0.25) is 0 Å². The first-order valence-corrected chi connectivity index (χ1v) is 3.69. The monoisotopic (exact) mass is 184 g/mol. The molecule has 70 valence electrons. The Morgan fingerprint density at radius 3 is 2.62 bits per heavy atom. The molecule has 0 spiro atoms. The number of hydrogen-bond acceptors (Lipinski definition) is 2. The Hall–Kier alpha value is -1.42. The van der Waals surface area contributed by atoms with Crippen molar-refractivity contribution in [2.75, 3.05) is 0 Å². The van der Waals surface area contributed by atoms with Gasteiger partial charge in [-0.2, -0.15) is 0 Å². The molecule has 1 rings (SSSR count). The van der Waals surface area contributed by atoms with Crippen LogP contribution in [0.1, 0.15) is 21.5 Å². The number of carboxylic acid groups (broad SMARTS) is 1. The van der Waals surface area contributed by atoms with Crippen molar-refractivity contribution in [3.05, 3.63) is 34.6 Å². The Morgan fingerprint density at radius 2 is 2.15 bits per heavy atom. The molecule has 0 aliphatic carbocycles. The third-order valence-electron chi connectivity index (χ3n) is 1.82. The number of aliphatic hydroxyl groups excluding tert-OH is 1. The molecule has 0 atom stereocenters. The van der Waals surface area contributed by atoms with Gasteiger partial charge in [-0.1, -0.05) is 0 Å². The maximum atomic E-state index is 13.0. The van der Waals surface area contributed by atoms with E-state index in [1.807, 2.05) is 0 Å². The normalized spacial score (nSPS) is 10.1. The molecule has 0 aliphatic heterocycles. The van der Waals surface area contributed by atoms with Gasteiger partial charge in [-0.3, -0.25) is 0 Å². The van der Waals surface area contributed by atoms with Gasteiger partial charge in [0, 0.05) is 0 Å². The minimum absolute atomic E-state index is 0.0877. The molecule has 1 aromatic carbocycles. The summed E-state index contributed by atoms with van der Waals surface area (Å²) < 4.78 is 13.0. The van der Waals surface area contributed by atoms with Crippen molar-refractivity contribution in [1.82, 2.24) is 0 Å². The third kappa shape index (κ3) is 1.84. The molecule has 0 unspecified atom stereocenters. The molecule has 0 bridgehead atoms. The molecule has 0 saturated heterocycles. The first-order valence-electron chi connectivity index (χ1n) is 3.69. The number of aromatic carboxylic acids is 1. The molecule has 2 N–H and O–H groups in total. The Morgan fingerprint density at radius 1 is 1.54 bits per heavy atom. The second-order valence-electron chi connectivity index (χ2n) is 2.71. The fourth-order valence-corrected chi connectivity index (χ4v) is 1.05. The molecule has 0 aliphatic rings. The number of carbonyl (C=O) groups is 1. The van der Waals surface area contributed by atoms with E-state index in [1.54, 1.807) is 0 Å². The Kier molecular flexibility index (Phi) is 2.63. The summed E-state index contributed by atoms with van der Waals surface area (Å²) in [5.74, 6) is -1.80. The van der Waals surface area contributed by atoms with E-state index in [-0.39, 0.29) is 23.3 Å². The van der Waals surface area contributed by atoms with Gasteiger partial charge in [0.1, 0.15) is 5.82 Å². The number of halogens is 1. The quantitative estimate of drug-likeness (QED) is 0.728. The van der Waals surface area contributed by atoms with Crippen molar-refractivity contribution in [3.63, 3.8) is 0 Å². The Bertz CT molecular complexity index is 347. The van der Waals surface area contributed by atoms with E-state index in [9.17, 15) is 9.18 Å². The van der Waals surface area contributed by atoms with Gasteiger partial charge in [0.05, 0.1) is 12.2 Å². The first-order chi connectivity index (χ1) is 6.06. The van der Waals surface area contributed by atoms with Crippen LogP contribution >= 0.6 is 0 Å². The second kappa shape index (κ2) is 3.53. The van der Waals surface area contributed by atoms with E-state index in [0.717, 1.165) is 6.07 Å². The van der Waals surface area contributed by atoms with Crippen molar-refractivity contribution in [3.8, 4) is 0 Å². The highest BCUT2D eigenvalue weighted by atomic mass is 19.1. The summed E-state index contributed by atoms with van der Waals surface area (Å²) in [5.41, 5.74) is 0.245. The van der Waals surface area contributed by atoms with Gasteiger partial charge in [-0.25, -0.2) is 9.18 Å². The molecule has 0 aromatic heterocycles. The third-order valence-corrected chi connectivity index (χ3v) is 1.82. The Balaban J connectivity index is 3.33. The molecule has 1 aromatic rings. The predicted molar refractivity (Wildman–Crippen MR) is 44.0 cm³/mol. The van der Waals surface area contributed by atoms with Crippen LogP contribution in [0.2, 0.25) is 0 Å². The summed E-state index contributed by atoms with van der Waals surface area (Å²) in [6.07, 6.45) is 0. The molecule has 13 heavy (non-hydrogen) atoms. The van der Waals surface area contributed by atoms with Crippen LogP contribution < -0.4 is 0 Å². The number of aliphatic hydroxyl groups is 1. The molecular weight excluding hydrogens is 175 g/mol. The first kappa shape index (κ1) is 9.67. The SMILES string of the molecule is Cc1c(F)cc(CO)cc1C(=O)O. The highest BCUT2D eigenvalue weighted by Gasteiger charge is 2.12. The average molecular weight is 184 g/mol. The molecule has 0 saturated carbocycles. The van der Waals surface area contributed by atoms with Crippen LogP contribution in [0.3, 0.4) is 0 Å². The zero-order valence-corrected chi connectivity index (χ0v) is 7.04. The summed E-state index contributed by atoms with van der Waals surface area (Å²) in [4.78, 5) is 10.6. The minimum atomic E-state index is -1.19. The van der Waals surface area contributed by atoms with E-state index in [1.165, 1.54) is 13.0 Å². The number of hydrogen-bond donors (Lipinski definition) is 2. The highest BCUT2D eigenvalue weighted by Crippen LogP contribution is 2.15. The molecule has 4 heteroatoms. The van der Waals surface area contributed by atoms with Crippen LogP contribution in [0, 0.1) is 12.7 Å². The summed E-state index contributed by atoms with van der Waals surface area (Å²) >= 11 is 0. The summed E-state index contributed by atoms with van der Waals surface area (Å²) in [6.45, 7) is 1.03. The van der Waals surface area contributed by atoms with E-state index in [4.69, 9.17) is 10.2 Å². The lowest BCUT2D eigenvalue weighted by Gasteiger charge is -2.04. The van der Waals surface area contributed by atoms with Gasteiger partial charge in [0.25, 0.3) is 0 Å². The fourth-order valence-electron chi connectivity index (χ4n) is 1.05. The van der Waals surface area contributed by atoms with Crippen LogP contribution in [0.15, 0.2) is 12.1 Å². The van der Waals surface area contributed by atoms with Gasteiger partial charge in [-0.15, -0.1) is 0 Å². The summed E-state index contributed by atoms with van der Waals surface area (Å²) in [5, 5.41) is 17.4. The Labute approximate surface area is 74.4 Å². The summed E-state index contributed by atoms with van der Waals surface area (Å²) in [7, 11) is 0. The fraction of sp³-hybridized carbons (Fsp3) is 0.222. The van der Waals surface area contributed by atoms with Crippen LogP contribution in [-0.4, -0.2) is 16.2 Å². The molecule has 0 amide bonds. The number of carboxylic acids is 1. The van der Waals surface area contributed by atoms with Gasteiger partial charge < -0.3 is 10.2 Å². The minimum Gasteiger partial charge on any atom is -0.478 e. The van der Waals surface area contributed by atoms with E-state index >= 15 is 0 Å². The topological polar surface area (TPSA) is 57.5 Å². The van der Waals surface area contributed by atoms with Crippen molar-refractivity contribution >= 4 is 5.97 Å². The maximum absolute atomic E-state index is 13.0. The molecule has 0 fully saturated rings. The average Bonchev–Trinajstić information content (AvgIpc) is 2.09. The zero-order chi connectivity index (χ0) is 10.0. The molecule has 0 radical (unpaired) electrons. The van der Waals surface area contributed by atoms with Crippen molar-refractivity contribution in [2.45, 2.75) is 13.5 Å². The van der Waals surface area contributed by atoms with Crippen LogP contribution in [-0.2, 0) is 6.61 Å². The largest absolute Gasteiger partial charge is 0.478 e. The molecule has 0 heterocycles. The molecule has 3 nitrogen and oxygen atoms in total. The van der Waals surface area contributed by atoms with Crippen LogP contribution in [0.5, 0.6) is 0 Å². The highest BCUT2D eigenvalue weighted by molar-refractivity contribution is 5.89. The maximum Gasteiger partial charge on any atom is 0.336 e. The van der Waals surface area contributed by atoms with Crippen molar-refractivity contribution in [2.24, 2.45) is 0 Å². The standard InChI is InChI=1S/C9H9FO3/c1-5-7(9(12)13)2-6(4-11)3-8(5)10/h2-3,11H,4H2,1H3,(H,12,13). The summed E-state index contributed by atoms with van der Waals surface area (Å²) in [6, 6.07) is 2.39. The smallest absolute Gasteiger partial charge is 0.336 e. The predicted octanol–water partition coefficient (Wildman–Crippen LogP) is 1.32. The van der Waals surface area contributed by atoms with Gasteiger partial charge >= 0.3 is 5.97 Å². The molecular formula is C9H9FO3. The van der Waals surface area contributed by atoms with E-state index in [2.05, 4.69) is 0 Å². The van der Waals surface area contributed by atoms with Gasteiger partial charge in [-0.05, 0) is 30.2 Å². The van der Waals surface area contributed by atoms with E-state index < -0.39 is 11.8 Å².